The fourth-order valence-electron chi connectivity index (χ4n) is 3.15. The summed E-state index contributed by atoms with van der Waals surface area (Å²) in [6.07, 6.45) is 5.31. The topological polar surface area (TPSA) is 44.5 Å². The van der Waals surface area contributed by atoms with Crippen LogP contribution in [-0.2, 0) is 12.0 Å². The van der Waals surface area contributed by atoms with Crippen LogP contribution in [0.5, 0.6) is 11.5 Å². The number of hydrogen-bond donors (Lipinski definition) is 1. The van der Waals surface area contributed by atoms with Crippen LogP contribution in [0, 0.1) is 0 Å². The van der Waals surface area contributed by atoms with Gasteiger partial charge in [-0.3, -0.25) is 0 Å². The maximum absolute atomic E-state index is 6.56. The molecule has 0 amide bonds. The molecule has 0 saturated heterocycles. The first-order valence-electron chi connectivity index (χ1n) is 6.56. The molecule has 2 N–H and O–H groups in total. The minimum atomic E-state index is -0.240. The average Bonchev–Trinajstić information content (AvgIpc) is 2.98. The average molecular weight is 268 g/mol. The van der Waals surface area contributed by atoms with E-state index in [9.17, 15) is 0 Å². The number of benzene rings is 1. The van der Waals surface area contributed by atoms with Crippen molar-refractivity contribution in [3.05, 3.63) is 22.2 Å². The van der Waals surface area contributed by atoms with Crippen molar-refractivity contribution in [3.63, 3.8) is 0 Å². The van der Waals surface area contributed by atoms with E-state index in [1.54, 1.807) is 0 Å². The van der Waals surface area contributed by atoms with Gasteiger partial charge in [-0.25, -0.2) is 0 Å². The summed E-state index contributed by atoms with van der Waals surface area (Å²) >= 11 is 6.28. The lowest BCUT2D eigenvalue weighted by molar-refractivity contribution is 0.173. The Morgan fingerprint density at radius 3 is 2.61 bits per heavy atom. The smallest absolute Gasteiger partial charge is 0.231 e. The molecule has 0 spiro atoms. The predicted octanol–water partition coefficient (Wildman–Crippen LogP) is 3.36. The molecule has 1 aliphatic heterocycles. The summed E-state index contributed by atoms with van der Waals surface area (Å²) in [5, 5.41) is 0.617. The predicted molar refractivity (Wildman–Crippen MR) is 71.3 cm³/mol. The molecule has 1 aliphatic carbocycles. The molecule has 1 fully saturated rings. The van der Waals surface area contributed by atoms with E-state index in [1.807, 2.05) is 6.07 Å². The molecule has 18 heavy (non-hydrogen) atoms. The van der Waals surface area contributed by atoms with E-state index in [-0.39, 0.29) is 12.3 Å². The highest BCUT2D eigenvalue weighted by atomic mass is 35.5. The molecule has 1 aromatic carbocycles. The van der Waals surface area contributed by atoms with Crippen LogP contribution < -0.4 is 15.2 Å². The second-order valence-corrected chi connectivity index (χ2v) is 5.57. The minimum Gasteiger partial charge on any atom is -0.453 e. The molecule has 0 unspecified atom stereocenters. The maximum Gasteiger partial charge on any atom is 0.231 e. The third kappa shape index (κ3) is 1.69. The molecule has 0 bridgehead atoms. The summed E-state index contributed by atoms with van der Waals surface area (Å²) in [6.45, 7) is 2.37. The number of rotatable bonds is 2. The summed E-state index contributed by atoms with van der Waals surface area (Å²) < 4.78 is 11.0. The van der Waals surface area contributed by atoms with Crippen molar-refractivity contribution in [2.45, 2.75) is 44.6 Å². The van der Waals surface area contributed by atoms with Crippen molar-refractivity contribution in [3.8, 4) is 11.5 Å². The van der Waals surface area contributed by atoms with Crippen LogP contribution in [0.4, 0.5) is 0 Å². The van der Waals surface area contributed by atoms with Crippen LogP contribution in [0.3, 0.4) is 0 Å². The van der Waals surface area contributed by atoms with E-state index in [1.165, 1.54) is 12.8 Å². The molecule has 0 aromatic heterocycles. The van der Waals surface area contributed by atoms with Gasteiger partial charge in [0.25, 0.3) is 0 Å². The number of halogens is 1. The Morgan fingerprint density at radius 1 is 1.28 bits per heavy atom. The summed E-state index contributed by atoms with van der Waals surface area (Å²) in [4.78, 5) is 0. The normalized spacial score (nSPS) is 20.4. The number of nitrogens with two attached hydrogens (primary N) is 1. The second kappa shape index (κ2) is 4.32. The van der Waals surface area contributed by atoms with E-state index in [4.69, 9.17) is 26.8 Å². The van der Waals surface area contributed by atoms with E-state index < -0.39 is 0 Å². The van der Waals surface area contributed by atoms with E-state index >= 15 is 0 Å². The Morgan fingerprint density at radius 2 is 1.94 bits per heavy atom. The highest BCUT2D eigenvalue weighted by Gasteiger charge is 2.36. The van der Waals surface area contributed by atoms with Crippen molar-refractivity contribution < 1.29 is 9.47 Å². The van der Waals surface area contributed by atoms with Crippen LogP contribution in [0.25, 0.3) is 0 Å². The lowest BCUT2D eigenvalue weighted by Crippen LogP contribution is -2.34. The van der Waals surface area contributed by atoms with E-state index in [0.717, 1.165) is 36.1 Å². The highest BCUT2D eigenvalue weighted by molar-refractivity contribution is 6.32. The summed E-state index contributed by atoms with van der Waals surface area (Å²) in [7, 11) is 0. The summed E-state index contributed by atoms with van der Waals surface area (Å²) in [5.74, 6) is 1.48. The van der Waals surface area contributed by atoms with Crippen molar-refractivity contribution in [1.82, 2.24) is 0 Å². The molecule has 4 heteroatoms. The largest absolute Gasteiger partial charge is 0.453 e. The molecule has 0 radical (unpaired) electrons. The van der Waals surface area contributed by atoms with E-state index in [0.29, 0.717) is 10.8 Å². The lowest BCUT2D eigenvalue weighted by Gasteiger charge is -2.27. The van der Waals surface area contributed by atoms with Crippen molar-refractivity contribution in [1.29, 1.82) is 0 Å². The molecule has 98 valence electrons. The summed E-state index contributed by atoms with van der Waals surface area (Å²) in [6, 6.07) is 1.99. The van der Waals surface area contributed by atoms with Crippen molar-refractivity contribution in [2.24, 2.45) is 5.73 Å². The molecule has 2 aliphatic rings. The molecular formula is C14H18ClNO2. The van der Waals surface area contributed by atoms with Gasteiger partial charge < -0.3 is 15.2 Å². The number of ether oxygens (including phenoxy) is 2. The van der Waals surface area contributed by atoms with Crippen molar-refractivity contribution in [2.75, 3.05) is 6.79 Å². The van der Waals surface area contributed by atoms with Crippen LogP contribution in [-0.4, -0.2) is 6.79 Å². The minimum absolute atomic E-state index is 0.240. The Labute approximate surface area is 112 Å². The molecule has 1 aromatic rings. The van der Waals surface area contributed by atoms with Gasteiger partial charge in [0, 0.05) is 11.1 Å². The summed E-state index contributed by atoms with van der Waals surface area (Å²) in [5.41, 5.74) is 8.64. The number of fused-ring (bicyclic) bond motifs is 1. The SMILES string of the molecule is CCc1c(C2(N)CCCC2)cc(Cl)c2c1OCO2. The van der Waals surface area contributed by atoms with Gasteiger partial charge in [-0.2, -0.15) is 0 Å². The third-order valence-electron chi connectivity index (χ3n) is 4.09. The zero-order valence-corrected chi connectivity index (χ0v) is 11.3. The van der Waals surface area contributed by atoms with Gasteiger partial charge in [-0.05, 0) is 30.9 Å². The van der Waals surface area contributed by atoms with Crippen LogP contribution in [0.15, 0.2) is 6.07 Å². The van der Waals surface area contributed by atoms with Gasteiger partial charge >= 0.3 is 0 Å². The van der Waals surface area contributed by atoms with Crippen LogP contribution >= 0.6 is 11.6 Å². The zero-order valence-electron chi connectivity index (χ0n) is 10.6. The van der Waals surface area contributed by atoms with Gasteiger partial charge in [0.15, 0.2) is 11.5 Å². The lowest BCUT2D eigenvalue weighted by atomic mass is 9.84. The monoisotopic (exact) mass is 267 g/mol. The molecule has 1 saturated carbocycles. The third-order valence-corrected chi connectivity index (χ3v) is 4.37. The quantitative estimate of drug-likeness (QED) is 0.894. The molecule has 0 atom stereocenters. The zero-order chi connectivity index (χ0) is 12.8. The van der Waals surface area contributed by atoms with Gasteiger partial charge in [-0.15, -0.1) is 0 Å². The Kier molecular flexibility index (Phi) is 2.91. The highest BCUT2D eigenvalue weighted by Crippen LogP contribution is 2.48. The molecular weight excluding hydrogens is 250 g/mol. The first kappa shape index (κ1) is 12.1. The van der Waals surface area contributed by atoms with Gasteiger partial charge in [-0.1, -0.05) is 31.4 Å². The fourth-order valence-corrected chi connectivity index (χ4v) is 3.40. The first-order chi connectivity index (χ1) is 8.65. The molecule has 3 rings (SSSR count). The fraction of sp³-hybridized carbons (Fsp3) is 0.571. The van der Waals surface area contributed by atoms with E-state index in [2.05, 4.69) is 6.92 Å². The standard InChI is InChI=1S/C14H18ClNO2/c1-2-9-10(14(16)5-3-4-6-14)7-11(15)13-12(9)17-8-18-13/h7H,2-6,8,16H2,1H3. The Bertz CT molecular complexity index is 481. The van der Waals surface area contributed by atoms with Gasteiger partial charge in [0.2, 0.25) is 6.79 Å². The Hall–Kier alpha value is -0.930. The first-order valence-corrected chi connectivity index (χ1v) is 6.94. The Balaban J connectivity index is 2.17. The van der Waals surface area contributed by atoms with Crippen LogP contribution in [0.1, 0.15) is 43.7 Å². The van der Waals surface area contributed by atoms with Crippen molar-refractivity contribution >= 4 is 11.6 Å². The molecule has 3 nitrogen and oxygen atoms in total. The molecule has 1 heterocycles. The van der Waals surface area contributed by atoms with Crippen LogP contribution in [0.2, 0.25) is 5.02 Å². The second-order valence-electron chi connectivity index (χ2n) is 5.17. The van der Waals surface area contributed by atoms with Gasteiger partial charge in [0.05, 0.1) is 5.02 Å². The maximum atomic E-state index is 6.56. The number of hydrogen-bond acceptors (Lipinski definition) is 3. The van der Waals surface area contributed by atoms with Gasteiger partial charge in [0.1, 0.15) is 0 Å².